The highest BCUT2D eigenvalue weighted by Crippen LogP contribution is 2.34. The van der Waals surface area contributed by atoms with Crippen LogP contribution in [0.5, 0.6) is 0 Å². The van der Waals surface area contributed by atoms with E-state index in [0.717, 1.165) is 48.7 Å². The Kier molecular flexibility index (Phi) is 18.2. The van der Waals surface area contributed by atoms with Crippen LogP contribution in [-0.4, -0.2) is 23.3 Å². The summed E-state index contributed by atoms with van der Waals surface area (Å²) in [4.78, 5) is 7.02. The summed E-state index contributed by atoms with van der Waals surface area (Å²) >= 11 is 0. The van der Waals surface area contributed by atoms with Gasteiger partial charge in [0.15, 0.2) is 0 Å². The van der Waals surface area contributed by atoms with Gasteiger partial charge in [0, 0.05) is 24.7 Å². The number of hydrogen-bond donors (Lipinski definition) is 0. The summed E-state index contributed by atoms with van der Waals surface area (Å²) in [6.45, 7) is 35.9. The minimum absolute atomic E-state index is 0.191. The second-order valence-electron chi connectivity index (χ2n) is 11.8. The molecule has 1 aromatic heterocycles. The van der Waals surface area contributed by atoms with Crippen LogP contribution in [-0.2, 0) is 11.3 Å². The van der Waals surface area contributed by atoms with Gasteiger partial charge in [0.05, 0.1) is 0 Å². The molecule has 238 valence electrons. The third kappa shape index (κ3) is 14.6. The topological polar surface area (TPSA) is 25.4 Å². The Morgan fingerprint density at radius 3 is 2.09 bits per heavy atom. The maximum Gasteiger partial charge on any atom is 0.128 e. The molecule has 0 aliphatic rings. The lowest BCUT2D eigenvalue weighted by atomic mass is 9.82. The number of pyridine rings is 1. The summed E-state index contributed by atoms with van der Waals surface area (Å²) in [6, 6.07) is 14.8. The van der Waals surface area contributed by atoms with Crippen molar-refractivity contribution in [3.05, 3.63) is 120 Å². The second kappa shape index (κ2) is 19.7. The minimum Gasteiger partial charge on any atom is -0.484 e. The van der Waals surface area contributed by atoms with E-state index in [1.165, 1.54) is 29.7 Å². The molecule has 0 saturated heterocycles. The van der Waals surface area contributed by atoms with Gasteiger partial charge in [-0.3, -0.25) is 0 Å². The Bertz CT molecular complexity index is 1170. The van der Waals surface area contributed by atoms with Crippen LogP contribution in [0.3, 0.4) is 0 Å². The minimum atomic E-state index is -0.852. The molecule has 0 N–H and O–H groups in total. The molecule has 0 amide bonds. The Hall–Kier alpha value is -3.40. The molecule has 2 aromatic rings. The molecule has 0 radical (unpaired) electrons. The Morgan fingerprint density at radius 2 is 1.65 bits per heavy atom. The van der Waals surface area contributed by atoms with Gasteiger partial charge in [0.1, 0.15) is 23.3 Å². The van der Waals surface area contributed by atoms with Gasteiger partial charge in [-0.05, 0) is 88.5 Å². The number of rotatable bonds is 14. The maximum atomic E-state index is 11.3. The van der Waals surface area contributed by atoms with E-state index in [1.54, 1.807) is 0 Å². The quantitative estimate of drug-likeness (QED) is 0.124. The summed E-state index contributed by atoms with van der Waals surface area (Å²) in [7, 11) is 0. The number of aryl methyl sites for hydroxylation is 1. The first-order valence-electron chi connectivity index (χ1n) is 15.6. The number of allylic oxidation sites excluding steroid dienone is 4. The molecule has 2 rings (SSSR count). The van der Waals surface area contributed by atoms with Gasteiger partial charge in [-0.2, -0.15) is 0 Å². The van der Waals surface area contributed by atoms with Gasteiger partial charge in [-0.25, -0.2) is 9.37 Å². The average molecular weight is 591 g/mol. The van der Waals surface area contributed by atoms with E-state index in [4.69, 9.17) is 4.74 Å². The van der Waals surface area contributed by atoms with Crippen molar-refractivity contribution in [3.63, 3.8) is 0 Å². The fraction of sp³-hybridized carbons (Fsp3) is 0.462. The van der Waals surface area contributed by atoms with E-state index in [9.17, 15) is 4.39 Å². The van der Waals surface area contributed by atoms with Crippen molar-refractivity contribution >= 4 is 5.82 Å². The molecule has 0 bridgehead atoms. The Balaban J connectivity index is 0.00000227. The molecule has 0 fully saturated rings. The zero-order valence-corrected chi connectivity index (χ0v) is 29.1. The van der Waals surface area contributed by atoms with Crippen molar-refractivity contribution in [2.75, 3.05) is 11.4 Å². The van der Waals surface area contributed by atoms with E-state index >= 15 is 0 Å². The molecule has 1 atom stereocenters. The van der Waals surface area contributed by atoms with Crippen LogP contribution >= 0.6 is 0 Å². The van der Waals surface area contributed by atoms with Gasteiger partial charge in [-0.15, -0.1) is 6.58 Å². The molecule has 0 spiro atoms. The van der Waals surface area contributed by atoms with Gasteiger partial charge >= 0.3 is 0 Å². The number of hydrogen-bond acceptors (Lipinski definition) is 3. The molecule has 1 unspecified atom stereocenters. The number of benzene rings is 1. The predicted molar refractivity (Wildman–Crippen MR) is 188 cm³/mol. The summed E-state index contributed by atoms with van der Waals surface area (Å²) in [5.74, 6) is 1.88. The number of ether oxygens (including phenoxy) is 1. The number of nitrogens with zero attached hydrogens (tertiary/aromatic N) is 2. The average Bonchev–Trinajstić information content (AvgIpc) is 2.98. The molecule has 0 saturated carbocycles. The molecular formula is C39H59FN2O. The number of alkyl halides is 1. The third-order valence-electron chi connectivity index (χ3n) is 7.09. The van der Waals surface area contributed by atoms with E-state index in [0.29, 0.717) is 0 Å². The van der Waals surface area contributed by atoms with E-state index < -0.39 is 11.8 Å². The Labute approximate surface area is 264 Å². The van der Waals surface area contributed by atoms with Crippen LogP contribution in [0.4, 0.5) is 10.2 Å². The molecule has 1 aromatic carbocycles. The van der Waals surface area contributed by atoms with Gasteiger partial charge < -0.3 is 9.64 Å². The summed E-state index contributed by atoms with van der Waals surface area (Å²) in [5.41, 5.74) is 5.16. The molecule has 0 aliphatic heterocycles. The highest BCUT2D eigenvalue weighted by Gasteiger charge is 2.27. The second-order valence-corrected chi connectivity index (χ2v) is 11.8. The fourth-order valence-corrected chi connectivity index (χ4v) is 3.86. The number of anilines is 1. The van der Waals surface area contributed by atoms with Crippen LogP contribution in [0.1, 0.15) is 93.2 Å². The number of aromatic nitrogens is 1. The normalized spacial score (nSPS) is 12.6. The van der Waals surface area contributed by atoms with Crippen LogP contribution in [0.15, 0.2) is 109 Å². The number of halogens is 1. The third-order valence-corrected chi connectivity index (χ3v) is 7.09. The van der Waals surface area contributed by atoms with Crippen molar-refractivity contribution < 1.29 is 9.13 Å². The lowest BCUT2D eigenvalue weighted by Gasteiger charge is -2.35. The molecule has 0 aliphatic carbocycles. The van der Waals surface area contributed by atoms with Crippen LogP contribution in [0.25, 0.3) is 0 Å². The van der Waals surface area contributed by atoms with Crippen molar-refractivity contribution in [1.82, 2.24) is 4.98 Å². The predicted octanol–water partition coefficient (Wildman–Crippen LogP) is 11.5. The largest absolute Gasteiger partial charge is 0.484 e. The van der Waals surface area contributed by atoms with Crippen molar-refractivity contribution in [2.24, 2.45) is 5.41 Å². The van der Waals surface area contributed by atoms with Crippen LogP contribution in [0.2, 0.25) is 0 Å². The SMILES string of the molecule is C=C(/C=C(CCC)\C(=C/C)OC(C)(C)C(=C)C)C(C)(C)CN(Cc1ccc(C)cc1)c1ccccn1.C=CC(C)F.CC. The molecular weight excluding hydrogens is 531 g/mol. The molecule has 43 heavy (non-hydrogen) atoms. The first-order valence-corrected chi connectivity index (χ1v) is 15.6. The Morgan fingerprint density at radius 1 is 1.07 bits per heavy atom. The monoisotopic (exact) mass is 590 g/mol. The highest BCUT2D eigenvalue weighted by atomic mass is 19.1. The summed E-state index contributed by atoms with van der Waals surface area (Å²) in [6.07, 6.45) is 8.50. The lowest BCUT2D eigenvalue weighted by Crippen LogP contribution is -2.35. The van der Waals surface area contributed by atoms with Crippen LogP contribution < -0.4 is 4.90 Å². The fourth-order valence-electron chi connectivity index (χ4n) is 3.86. The maximum absolute atomic E-state index is 11.3. The van der Waals surface area contributed by atoms with Crippen molar-refractivity contribution in [3.8, 4) is 0 Å². The van der Waals surface area contributed by atoms with E-state index in [1.807, 2.05) is 46.0 Å². The molecule has 3 nitrogen and oxygen atoms in total. The van der Waals surface area contributed by atoms with Gasteiger partial charge in [0.2, 0.25) is 0 Å². The van der Waals surface area contributed by atoms with Crippen molar-refractivity contribution in [2.45, 2.75) is 107 Å². The van der Waals surface area contributed by atoms with Gasteiger partial charge in [0.25, 0.3) is 0 Å². The summed E-state index contributed by atoms with van der Waals surface area (Å²) in [5, 5.41) is 0. The zero-order chi connectivity index (χ0) is 33.2. The first kappa shape index (κ1) is 39.6. The zero-order valence-electron chi connectivity index (χ0n) is 29.1. The van der Waals surface area contributed by atoms with Crippen molar-refractivity contribution in [1.29, 1.82) is 0 Å². The van der Waals surface area contributed by atoms with Crippen LogP contribution in [0, 0.1) is 12.3 Å². The summed E-state index contributed by atoms with van der Waals surface area (Å²) < 4.78 is 17.8. The smallest absolute Gasteiger partial charge is 0.128 e. The molecule has 4 heteroatoms. The standard InChI is InChI=1S/C33H46N2O.C4H7F.C2H6/c1-11-15-29(30(12-2)36-33(9,10)25(3)4)22-27(6)32(7,8)24-35(31-16-13-14-21-34-31)23-28-19-17-26(5)18-20-28;1-3-4(2)5;1-2/h12-14,16-22H,3,6,11,15,23-24H2,1-2,4-5,7-10H3;3-4H,1H2,2H3;1-2H3/b29-22-,30-12+;;. The van der Waals surface area contributed by atoms with E-state index in [-0.39, 0.29) is 5.41 Å². The molecule has 1 heterocycles. The lowest BCUT2D eigenvalue weighted by molar-refractivity contribution is 0.0723. The van der Waals surface area contributed by atoms with Gasteiger partial charge in [-0.1, -0.05) is 102 Å². The van der Waals surface area contributed by atoms with E-state index in [2.05, 4.69) is 114 Å². The first-order chi connectivity index (χ1) is 20.2. The highest BCUT2D eigenvalue weighted by molar-refractivity contribution is 5.42.